The second kappa shape index (κ2) is 7.54. The van der Waals surface area contributed by atoms with Crippen LogP contribution in [0, 0.1) is 5.82 Å². The Morgan fingerprint density at radius 1 is 1.10 bits per heavy atom. The van der Waals surface area contributed by atoms with E-state index in [2.05, 4.69) is 15.3 Å². The van der Waals surface area contributed by atoms with Crippen molar-refractivity contribution in [1.29, 1.82) is 0 Å². The predicted molar refractivity (Wildman–Crippen MR) is 83.5 cm³/mol. The number of benzene rings is 1. The fourth-order valence-corrected chi connectivity index (χ4v) is 2.55. The molecule has 21 heavy (non-hydrogen) atoms. The van der Waals surface area contributed by atoms with Gasteiger partial charge in [0.25, 0.3) is 0 Å². The maximum Gasteiger partial charge on any atom is 0.123 e. The minimum Gasteiger partial charge on any atom is -0.315 e. The summed E-state index contributed by atoms with van der Waals surface area (Å²) in [6.07, 6.45) is 2.97. The van der Waals surface area contributed by atoms with Crippen LogP contribution in [0.5, 0.6) is 0 Å². The summed E-state index contributed by atoms with van der Waals surface area (Å²) >= 11 is 0. The zero-order chi connectivity index (χ0) is 13.8. The van der Waals surface area contributed by atoms with E-state index in [1.165, 1.54) is 18.6 Å². The highest BCUT2D eigenvalue weighted by molar-refractivity contribution is 5.85. The monoisotopic (exact) mass is 310 g/mol. The summed E-state index contributed by atoms with van der Waals surface area (Å²) in [5.74, 6) is -0.221. The van der Waals surface area contributed by atoms with E-state index in [0.29, 0.717) is 0 Å². The first-order chi connectivity index (χ1) is 9.83. The lowest BCUT2D eigenvalue weighted by Crippen LogP contribution is -2.28. The first kappa shape index (κ1) is 15.9. The topological polar surface area (TPSA) is 33.1 Å². The molecule has 1 aliphatic heterocycles. The van der Waals surface area contributed by atoms with Crippen molar-refractivity contribution >= 4 is 12.4 Å². The largest absolute Gasteiger partial charge is 0.315 e. The van der Waals surface area contributed by atoms with E-state index in [1.807, 2.05) is 10.7 Å². The first-order valence-electron chi connectivity index (χ1n) is 7.05. The van der Waals surface area contributed by atoms with E-state index >= 15 is 0 Å². The summed E-state index contributed by atoms with van der Waals surface area (Å²) in [7, 11) is 0. The SMILES string of the molecule is Cl.Fc1ccc(-n2nccc2CN2CCCNCC2)cc1. The number of hydrogen-bond donors (Lipinski definition) is 1. The standard InChI is InChI=1S/C15H19FN4.ClH/c16-13-2-4-14(5-3-13)20-15(6-8-18-20)12-19-10-1-7-17-9-11-19;/h2-6,8,17H,1,7,9-12H2;1H. The molecule has 1 saturated heterocycles. The molecule has 2 heterocycles. The molecule has 1 aliphatic rings. The molecule has 0 bridgehead atoms. The van der Waals surface area contributed by atoms with Gasteiger partial charge in [-0.05, 0) is 49.8 Å². The van der Waals surface area contributed by atoms with E-state index in [0.717, 1.165) is 44.1 Å². The number of halogens is 2. The fraction of sp³-hybridized carbons (Fsp3) is 0.400. The van der Waals surface area contributed by atoms with E-state index < -0.39 is 0 Å². The third kappa shape index (κ3) is 4.03. The molecule has 0 radical (unpaired) electrons. The van der Waals surface area contributed by atoms with Gasteiger partial charge in [0.15, 0.2) is 0 Å². The lowest BCUT2D eigenvalue weighted by atomic mass is 10.3. The van der Waals surface area contributed by atoms with Gasteiger partial charge in [-0.2, -0.15) is 5.10 Å². The molecule has 0 unspecified atom stereocenters. The zero-order valence-electron chi connectivity index (χ0n) is 11.8. The molecule has 0 aliphatic carbocycles. The zero-order valence-corrected chi connectivity index (χ0v) is 12.7. The van der Waals surface area contributed by atoms with Crippen molar-refractivity contribution in [3.05, 3.63) is 48.0 Å². The second-order valence-corrected chi connectivity index (χ2v) is 5.09. The molecule has 6 heteroatoms. The Morgan fingerprint density at radius 2 is 1.90 bits per heavy atom. The number of rotatable bonds is 3. The maximum atomic E-state index is 13.0. The summed E-state index contributed by atoms with van der Waals surface area (Å²) in [4.78, 5) is 2.43. The highest BCUT2D eigenvalue weighted by Crippen LogP contribution is 2.13. The van der Waals surface area contributed by atoms with Gasteiger partial charge in [0, 0.05) is 25.8 Å². The van der Waals surface area contributed by atoms with Crippen LogP contribution in [-0.2, 0) is 6.54 Å². The van der Waals surface area contributed by atoms with Gasteiger partial charge < -0.3 is 5.32 Å². The van der Waals surface area contributed by atoms with E-state index in [-0.39, 0.29) is 18.2 Å². The van der Waals surface area contributed by atoms with Crippen molar-refractivity contribution in [2.24, 2.45) is 0 Å². The number of hydrogen-bond acceptors (Lipinski definition) is 3. The Labute approximate surface area is 130 Å². The van der Waals surface area contributed by atoms with Crippen LogP contribution in [0.2, 0.25) is 0 Å². The van der Waals surface area contributed by atoms with Crippen molar-refractivity contribution < 1.29 is 4.39 Å². The Kier molecular flexibility index (Phi) is 5.73. The van der Waals surface area contributed by atoms with Crippen LogP contribution < -0.4 is 5.32 Å². The van der Waals surface area contributed by atoms with Crippen LogP contribution in [0.15, 0.2) is 36.5 Å². The maximum absolute atomic E-state index is 13.0. The highest BCUT2D eigenvalue weighted by Gasteiger charge is 2.12. The Morgan fingerprint density at radius 3 is 2.71 bits per heavy atom. The Balaban J connectivity index is 0.00000161. The molecule has 1 fully saturated rings. The quantitative estimate of drug-likeness (QED) is 0.944. The van der Waals surface area contributed by atoms with Crippen molar-refractivity contribution in [3.63, 3.8) is 0 Å². The lowest BCUT2D eigenvalue weighted by molar-refractivity contribution is 0.278. The van der Waals surface area contributed by atoms with Gasteiger partial charge in [0.05, 0.1) is 11.4 Å². The van der Waals surface area contributed by atoms with Gasteiger partial charge in [-0.15, -0.1) is 12.4 Å². The molecule has 114 valence electrons. The number of nitrogens with one attached hydrogen (secondary N) is 1. The molecule has 3 rings (SSSR count). The van der Waals surface area contributed by atoms with Crippen LogP contribution in [0.1, 0.15) is 12.1 Å². The van der Waals surface area contributed by atoms with Crippen LogP contribution in [0.4, 0.5) is 4.39 Å². The molecule has 2 aromatic rings. The molecule has 0 saturated carbocycles. The van der Waals surface area contributed by atoms with Crippen molar-refractivity contribution in [2.75, 3.05) is 26.2 Å². The summed E-state index contributed by atoms with van der Waals surface area (Å²) in [6.45, 7) is 5.15. The summed E-state index contributed by atoms with van der Waals surface area (Å²) in [5.41, 5.74) is 2.04. The predicted octanol–water partition coefficient (Wildman–Crippen LogP) is 2.23. The molecular weight excluding hydrogens is 291 g/mol. The molecule has 0 atom stereocenters. The van der Waals surface area contributed by atoms with Gasteiger partial charge >= 0.3 is 0 Å². The lowest BCUT2D eigenvalue weighted by Gasteiger charge is -2.19. The average Bonchev–Trinajstić information content (AvgIpc) is 2.75. The van der Waals surface area contributed by atoms with Crippen molar-refractivity contribution in [2.45, 2.75) is 13.0 Å². The molecule has 1 aromatic carbocycles. The van der Waals surface area contributed by atoms with E-state index in [9.17, 15) is 4.39 Å². The summed E-state index contributed by atoms with van der Waals surface area (Å²) in [6, 6.07) is 8.49. The van der Waals surface area contributed by atoms with Gasteiger partial charge in [0.2, 0.25) is 0 Å². The van der Waals surface area contributed by atoms with Crippen molar-refractivity contribution in [1.82, 2.24) is 20.0 Å². The number of aromatic nitrogens is 2. The molecule has 1 N–H and O–H groups in total. The Hall–Kier alpha value is -1.43. The first-order valence-corrected chi connectivity index (χ1v) is 7.05. The van der Waals surface area contributed by atoms with Gasteiger partial charge in [0.1, 0.15) is 5.82 Å². The summed E-state index contributed by atoms with van der Waals surface area (Å²) in [5, 5.41) is 7.76. The minimum absolute atomic E-state index is 0. The highest BCUT2D eigenvalue weighted by atomic mass is 35.5. The minimum atomic E-state index is -0.221. The van der Waals surface area contributed by atoms with Gasteiger partial charge in [-0.25, -0.2) is 9.07 Å². The smallest absolute Gasteiger partial charge is 0.123 e. The van der Waals surface area contributed by atoms with E-state index in [4.69, 9.17) is 0 Å². The molecular formula is C15H20ClFN4. The summed E-state index contributed by atoms with van der Waals surface area (Å²) < 4.78 is 14.9. The van der Waals surface area contributed by atoms with Crippen molar-refractivity contribution in [3.8, 4) is 5.69 Å². The van der Waals surface area contributed by atoms with Crippen LogP contribution >= 0.6 is 12.4 Å². The normalized spacial score (nSPS) is 16.2. The molecule has 0 amide bonds. The third-order valence-corrected chi connectivity index (χ3v) is 3.61. The van der Waals surface area contributed by atoms with Crippen LogP contribution in [0.3, 0.4) is 0 Å². The molecule has 0 spiro atoms. The Bertz CT molecular complexity index is 547. The van der Waals surface area contributed by atoms with E-state index in [1.54, 1.807) is 18.3 Å². The fourth-order valence-electron chi connectivity index (χ4n) is 2.55. The van der Waals surface area contributed by atoms with Crippen LogP contribution in [0.25, 0.3) is 5.69 Å². The molecule has 1 aromatic heterocycles. The number of nitrogens with zero attached hydrogens (tertiary/aromatic N) is 3. The second-order valence-electron chi connectivity index (χ2n) is 5.09. The van der Waals surface area contributed by atoms with Crippen LogP contribution in [-0.4, -0.2) is 40.9 Å². The third-order valence-electron chi connectivity index (χ3n) is 3.61. The van der Waals surface area contributed by atoms with Gasteiger partial charge in [-0.1, -0.05) is 0 Å². The van der Waals surface area contributed by atoms with Gasteiger partial charge in [-0.3, -0.25) is 4.90 Å². The molecule has 4 nitrogen and oxygen atoms in total. The average molecular weight is 311 g/mol.